The first-order valence-corrected chi connectivity index (χ1v) is 15.9. The molecule has 0 saturated carbocycles. The van der Waals surface area contributed by atoms with E-state index in [1.165, 1.54) is 0 Å². The molecule has 10 heteroatoms. The molecule has 0 radical (unpaired) electrons. The van der Waals surface area contributed by atoms with Crippen LogP contribution in [-0.4, -0.2) is 58.6 Å². The Hall–Kier alpha value is -4.28. The van der Waals surface area contributed by atoms with Crippen LogP contribution in [0.5, 0.6) is 5.75 Å². The summed E-state index contributed by atoms with van der Waals surface area (Å²) >= 11 is 3.50. The SMILES string of the molecule is CCCCOC(=O)COc1ccc(-c2nc(-c3ccc(C(=N)CC(O)C(=O)OCCCC)cc3)[nH]c2-c2ccc(Br)cc2)cc1. The molecule has 0 aliphatic carbocycles. The van der Waals surface area contributed by atoms with Gasteiger partial charge < -0.3 is 29.7 Å². The van der Waals surface area contributed by atoms with Crippen LogP contribution in [0, 0.1) is 5.41 Å². The Morgan fingerprint density at radius 3 is 2.11 bits per heavy atom. The van der Waals surface area contributed by atoms with Crippen molar-refractivity contribution < 1.29 is 28.9 Å². The topological polar surface area (TPSA) is 135 Å². The molecule has 0 spiro atoms. The first kappa shape index (κ1) is 33.6. The fraction of sp³-hybridized carbons (Fsp3) is 0.314. The van der Waals surface area contributed by atoms with Crippen LogP contribution < -0.4 is 4.74 Å². The van der Waals surface area contributed by atoms with Crippen LogP contribution in [0.3, 0.4) is 0 Å². The normalized spacial score (nSPS) is 11.6. The van der Waals surface area contributed by atoms with Gasteiger partial charge >= 0.3 is 11.9 Å². The van der Waals surface area contributed by atoms with E-state index < -0.39 is 18.0 Å². The highest BCUT2D eigenvalue weighted by molar-refractivity contribution is 9.10. The van der Waals surface area contributed by atoms with Crippen molar-refractivity contribution in [1.82, 2.24) is 9.97 Å². The van der Waals surface area contributed by atoms with Crippen LogP contribution in [0.15, 0.2) is 77.3 Å². The summed E-state index contributed by atoms with van der Waals surface area (Å²) < 4.78 is 16.8. The number of aliphatic hydroxyl groups is 1. The van der Waals surface area contributed by atoms with Crippen molar-refractivity contribution >= 4 is 33.6 Å². The molecule has 9 nitrogen and oxygen atoms in total. The van der Waals surface area contributed by atoms with E-state index in [1.54, 1.807) is 24.3 Å². The number of aromatic nitrogens is 2. The van der Waals surface area contributed by atoms with Gasteiger partial charge in [-0.05, 0) is 54.8 Å². The van der Waals surface area contributed by atoms with Crippen molar-refractivity contribution in [3.8, 4) is 39.7 Å². The zero-order chi connectivity index (χ0) is 32.2. The Balaban J connectivity index is 1.51. The third-order valence-electron chi connectivity index (χ3n) is 7.00. The fourth-order valence-electron chi connectivity index (χ4n) is 4.40. The van der Waals surface area contributed by atoms with E-state index in [0.29, 0.717) is 23.7 Å². The number of hydrogen-bond donors (Lipinski definition) is 3. The van der Waals surface area contributed by atoms with Gasteiger partial charge in [0.2, 0.25) is 0 Å². The van der Waals surface area contributed by atoms with Crippen molar-refractivity contribution in [3.05, 3.63) is 82.8 Å². The number of ether oxygens (including phenoxy) is 3. The van der Waals surface area contributed by atoms with Crippen molar-refractivity contribution in [2.24, 2.45) is 0 Å². The highest BCUT2D eigenvalue weighted by Crippen LogP contribution is 2.34. The summed E-state index contributed by atoms with van der Waals surface area (Å²) in [7, 11) is 0. The summed E-state index contributed by atoms with van der Waals surface area (Å²) in [6.45, 7) is 4.51. The summed E-state index contributed by atoms with van der Waals surface area (Å²) in [5, 5.41) is 18.6. The molecule has 3 N–H and O–H groups in total. The number of carbonyl (C=O) groups excluding carboxylic acids is 2. The molecule has 3 aromatic carbocycles. The number of aliphatic hydroxyl groups excluding tert-OH is 1. The number of hydrogen-bond acceptors (Lipinski definition) is 8. The quantitative estimate of drug-likeness (QED) is 0.0642. The Kier molecular flexibility index (Phi) is 12.5. The molecule has 0 bridgehead atoms. The monoisotopic (exact) mass is 675 g/mol. The van der Waals surface area contributed by atoms with E-state index in [1.807, 2.05) is 62.4 Å². The summed E-state index contributed by atoms with van der Waals surface area (Å²) in [5.41, 5.74) is 4.88. The molecule has 1 aromatic heterocycles. The van der Waals surface area contributed by atoms with Crippen LogP contribution in [0.2, 0.25) is 0 Å². The molecular weight excluding hydrogens is 638 g/mol. The van der Waals surface area contributed by atoms with Crippen molar-refractivity contribution in [2.45, 2.75) is 52.1 Å². The molecule has 236 valence electrons. The van der Waals surface area contributed by atoms with Crippen molar-refractivity contribution in [2.75, 3.05) is 19.8 Å². The van der Waals surface area contributed by atoms with Gasteiger partial charge in [-0.15, -0.1) is 0 Å². The van der Waals surface area contributed by atoms with Gasteiger partial charge in [0.25, 0.3) is 0 Å². The average molecular weight is 677 g/mol. The lowest BCUT2D eigenvalue weighted by Gasteiger charge is -2.11. The first-order valence-electron chi connectivity index (χ1n) is 15.1. The minimum atomic E-state index is -1.38. The Morgan fingerprint density at radius 2 is 1.47 bits per heavy atom. The van der Waals surface area contributed by atoms with Crippen LogP contribution in [0.4, 0.5) is 0 Å². The van der Waals surface area contributed by atoms with Crippen LogP contribution in [0.1, 0.15) is 51.5 Å². The van der Waals surface area contributed by atoms with E-state index in [-0.39, 0.29) is 25.3 Å². The predicted molar refractivity (Wildman–Crippen MR) is 177 cm³/mol. The van der Waals surface area contributed by atoms with Gasteiger partial charge in [0, 0.05) is 33.3 Å². The van der Waals surface area contributed by atoms with Gasteiger partial charge in [0.15, 0.2) is 12.7 Å². The molecule has 4 aromatic rings. The largest absolute Gasteiger partial charge is 0.482 e. The van der Waals surface area contributed by atoms with Crippen molar-refractivity contribution in [3.63, 3.8) is 0 Å². The van der Waals surface area contributed by atoms with E-state index in [2.05, 4.69) is 20.9 Å². The zero-order valence-corrected chi connectivity index (χ0v) is 27.1. The number of H-pyrrole nitrogens is 1. The second-order valence-corrected chi connectivity index (χ2v) is 11.4. The van der Waals surface area contributed by atoms with Crippen LogP contribution in [0.25, 0.3) is 33.9 Å². The standard InChI is InChI=1S/C35H38BrN3O6/c1-3-5-19-43-31(41)22-45-28-17-13-25(14-18-28)33-32(24-11-15-27(36)16-12-24)38-34(39-33)26-9-7-23(8-10-26)29(37)21-30(40)35(42)44-20-6-4-2/h7-18,30,37,40H,3-6,19-22H2,1-2H3,(H,38,39). The molecule has 0 saturated heterocycles. The molecule has 0 aliphatic rings. The highest BCUT2D eigenvalue weighted by atomic mass is 79.9. The number of nitrogens with zero attached hydrogens (tertiary/aromatic N) is 1. The summed E-state index contributed by atoms with van der Waals surface area (Å²) in [4.78, 5) is 32.3. The maximum Gasteiger partial charge on any atom is 0.344 e. The summed E-state index contributed by atoms with van der Waals surface area (Å²) in [6.07, 6.45) is 1.86. The number of imidazole rings is 1. The smallest absolute Gasteiger partial charge is 0.344 e. The van der Waals surface area contributed by atoms with Crippen molar-refractivity contribution in [1.29, 1.82) is 5.41 Å². The molecular formula is C35H38BrN3O6. The number of unbranched alkanes of at least 4 members (excludes halogenated alkanes) is 2. The number of esters is 2. The average Bonchev–Trinajstić information content (AvgIpc) is 3.50. The Bertz CT molecular complexity index is 1570. The highest BCUT2D eigenvalue weighted by Gasteiger charge is 2.20. The second-order valence-electron chi connectivity index (χ2n) is 10.5. The molecule has 1 heterocycles. The lowest BCUT2D eigenvalue weighted by molar-refractivity contribution is -0.153. The van der Waals surface area contributed by atoms with Gasteiger partial charge in [-0.1, -0.05) is 79.0 Å². The van der Waals surface area contributed by atoms with Gasteiger partial charge in [0.05, 0.1) is 24.6 Å². The number of rotatable bonds is 16. The lowest BCUT2D eigenvalue weighted by Crippen LogP contribution is -2.26. The van der Waals surface area contributed by atoms with E-state index >= 15 is 0 Å². The van der Waals surface area contributed by atoms with Gasteiger partial charge in [-0.3, -0.25) is 0 Å². The molecule has 0 fully saturated rings. The number of aromatic amines is 1. The van der Waals surface area contributed by atoms with E-state index in [4.69, 9.17) is 24.6 Å². The number of nitrogens with one attached hydrogen (secondary N) is 2. The van der Waals surface area contributed by atoms with Gasteiger partial charge in [0.1, 0.15) is 11.6 Å². The third kappa shape index (κ3) is 9.60. The molecule has 1 atom stereocenters. The van der Waals surface area contributed by atoms with Crippen LogP contribution in [-0.2, 0) is 19.1 Å². The molecule has 0 aliphatic heterocycles. The first-order chi connectivity index (χ1) is 21.8. The molecule has 0 amide bonds. The molecule has 45 heavy (non-hydrogen) atoms. The van der Waals surface area contributed by atoms with E-state index in [0.717, 1.165) is 58.2 Å². The minimum Gasteiger partial charge on any atom is -0.482 e. The predicted octanol–water partition coefficient (Wildman–Crippen LogP) is 7.36. The Morgan fingerprint density at radius 1 is 0.867 bits per heavy atom. The fourth-order valence-corrected chi connectivity index (χ4v) is 4.67. The molecule has 4 rings (SSSR count). The van der Waals surface area contributed by atoms with Gasteiger partial charge in [-0.25, -0.2) is 14.6 Å². The van der Waals surface area contributed by atoms with Gasteiger partial charge in [-0.2, -0.15) is 0 Å². The third-order valence-corrected chi connectivity index (χ3v) is 7.53. The maximum absolute atomic E-state index is 12.0. The molecule has 1 unspecified atom stereocenters. The lowest BCUT2D eigenvalue weighted by atomic mass is 10.0. The number of carbonyl (C=O) groups is 2. The minimum absolute atomic E-state index is 0.133. The Labute approximate surface area is 271 Å². The number of halogens is 1. The zero-order valence-electron chi connectivity index (χ0n) is 25.5. The summed E-state index contributed by atoms with van der Waals surface area (Å²) in [5.74, 6) is 0.0716. The van der Waals surface area contributed by atoms with E-state index in [9.17, 15) is 14.7 Å². The van der Waals surface area contributed by atoms with Crippen LogP contribution >= 0.6 is 15.9 Å². The number of benzene rings is 3. The maximum atomic E-state index is 12.0. The summed E-state index contributed by atoms with van der Waals surface area (Å²) in [6, 6.07) is 22.5. The second kappa shape index (κ2) is 16.7.